The number of hydrogen-bond acceptors (Lipinski definition) is 7. The number of carbonyl (C=O) groups is 2. The molecule has 2 bridgehead atoms. The van der Waals surface area contributed by atoms with Crippen molar-refractivity contribution in [3.8, 4) is 0 Å². The van der Waals surface area contributed by atoms with Gasteiger partial charge in [0, 0.05) is 23.2 Å². The third-order valence-corrected chi connectivity index (χ3v) is 11.5. The van der Waals surface area contributed by atoms with Crippen LogP contribution in [0.25, 0.3) is 0 Å². The van der Waals surface area contributed by atoms with E-state index in [1.54, 1.807) is 18.2 Å². The van der Waals surface area contributed by atoms with Crippen molar-refractivity contribution in [2.45, 2.75) is 83.8 Å². The molecule has 204 valence electrons. The van der Waals surface area contributed by atoms with Crippen LogP contribution in [0.15, 0.2) is 41.8 Å². The largest absolute Gasteiger partial charge is 0.460 e. The van der Waals surface area contributed by atoms with Gasteiger partial charge >= 0.3 is 5.97 Å². The summed E-state index contributed by atoms with van der Waals surface area (Å²) >= 11 is 0. The van der Waals surface area contributed by atoms with E-state index in [1.165, 1.54) is 12.1 Å². The Bertz CT molecular complexity index is 1180. The van der Waals surface area contributed by atoms with Crippen LogP contribution in [0.2, 0.25) is 0 Å². The van der Waals surface area contributed by atoms with Gasteiger partial charge in [0.1, 0.15) is 11.9 Å². The van der Waals surface area contributed by atoms with Crippen LogP contribution in [0.5, 0.6) is 0 Å². The fraction of sp³-hybridized carbons (Fsp3) is 0.655. The molecule has 3 saturated carbocycles. The number of ketones is 1. The lowest BCUT2D eigenvalue weighted by atomic mass is 9.44. The van der Waals surface area contributed by atoms with Crippen LogP contribution in [-0.2, 0) is 28.6 Å². The molecular weight excluding hydrogens is 492 g/mol. The lowest BCUT2D eigenvalue weighted by Crippen LogP contribution is -2.63. The predicted molar refractivity (Wildman–Crippen MR) is 139 cm³/mol. The molecule has 1 aromatic rings. The maximum atomic E-state index is 13.4. The number of aliphatic hydroxyl groups is 1. The molecule has 0 heterocycles. The summed E-state index contributed by atoms with van der Waals surface area (Å²) in [5, 5.41) is 11.6. The molecule has 0 saturated heterocycles. The quantitative estimate of drug-likeness (QED) is 0.324. The zero-order valence-electron chi connectivity index (χ0n) is 22.5. The van der Waals surface area contributed by atoms with Crippen molar-refractivity contribution in [1.29, 1.82) is 0 Å². The Hall–Kier alpha value is -2.03. The highest BCUT2D eigenvalue weighted by molar-refractivity contribution is 7.86. The van der Waals surface area contributed by atoms with Crippen LogP contribution in [-0.4, -0.2) is 44.1 Å². The van der Waals surface area contributed by atoms with Crippen LogP contribution in [0.4, 0.5) is 0 Å². The number of ether oxygens (including phenoxy) is 1. The average Bonchev–Trinajstić information content (AvgIpc) is 3.21. The molecule has 0 radical (unpaired) electrons. The minimum absolute atomic E-state index is 0.0394. The Morgan fingerprint density at radius 2 is 1.84 bits per heavy atom. The molecule has 8 atom stereocenters. The van der Waals surface area contributed by atoms with Crippen LogP contribution in [0, 0.1) is 40.9 Å². The molecule has 37 heavy (non-hydrogen) atoms. The molecule has 7 nitrogen and oxygen atoms in total. The summed E-state index contributed by atoms with van der Waals surface area (Å²) in [5.41, 5.74) is -0.910. The number of aliphatic hydroxyl groups excluding tert-OH is 1. The second kappa shape index (κ2) is 9.62. The van der Waals surface area contributed by atoms with E-state index in [0.29, 0.717) is 12.8 Å². The van der Waals surface area contributed by atoms with Crippen molar-refractivity contribution in [3.05, 3.63) is 42.5 Å². The molecule has 1 aromatic carbocycles. The lowest BCUT2D eigenvalue weighted by Gasteiger charge is -2.61. The van der Waals surface area contributed by atoms with Gasteiger partial charge in [-0.2, -0.15) is 8.42 Å². The Kier molecular flexibility index (Phi) is 7.27. The molecule has 0 amide bonds. The molecule has 4 rings (SSSR count). The fourth-order valence-corrected chi connectivity index (χ4v) is 8.45. The summed E-state index contributed by atoms with van der Waals surface area (Å²) in [5.74, 6) is -1.05. The van der Waals surface area contributed by atoms with E-state index in [2.05, 4.69) is 13.5 Å². The van der Waals surface area contributed by atoms with Gasteiger partial charge in [-0.1, -0.05) is 51.5 Å². The second-order valence-corrected chi connectivity index (χ2v) is 13.7. The van der Waals surface area contributed by atoms with Gasteiger partial charge in [-0.3, -0.25) is 8.98 Å². The molecule has 1 N–H and O–H groups in total. The first-order valence-corrected chi connectivity index (χ1v) is 14.6. The maximum Gasteiger partial charge on any atom is 0.333 e. The monoisotopic (exact) mass is 532 g/mol. The summed E-state index contributed by atoms with van der Waals surface area (Å²) in [6.45, 7) is 13.2. The minimum atomic E-state index is -4.15. The van der Waals surface area contributed by atoms with Gasteiger partial charge in [0.05, 0.1) is 11.0 Å². The number of aryl methyl sites for hydroxylation is 1. The number of Topliss-reactive ketones (excluding diaryl/α,β-unsaturated/α-hetero) is 1. The van der Waals surface area contributed by atoms with Crippen LogP contribution < -0.4 is 0 Å². The second-order valence-electron chi connectivity index (χ2n) is 12.1. The number of carbonyl (C=O) groups excluding carboxylic acids is 2. The van der Waals surface area contributed by atoms with E-state index in [9.17, 15) is 23.1 Å². The van der Waals surface area contributed by atoms with Crippen LogP contribution >= 0.6 is 0 Å². The van der Waals surface area contributed by atoms with Crippen molar-refractivity contribution in [2.75, 3.05) is 6.61 Å². The predicted octanol–water partition coefficient (Wildman–Crippen LogP) is 4.61. The number of esters is 1. The molecule has 8 heteroatoms. The van der Waals surface area contributed by atoms with Gasteiger partial charge in [0.2, 0.25) is 0 Å². The topological polar surface area (TPSA) is 107 Å². The Morgan fingerprint density at radius 1 is 1.19 bits per heavy atom. The molecule has 0 aliphatic heterocycles. The summed E-state index contributed by atoms with van der Waals surface area (Å²) in [6, 6.07) is 6.17. The van der Waals surface area contributed by atoms with E-state index >= 15 is 0 Å². The summed E-state index contributed by atoms with van der Waals surface area (Å²) in [7, 11) is -4.15. The molecule has 1 unspecified atom stereocenters. The third kappa shape index (κ3) is 4.49. The van der Waals surface area contributed by atoms with Crippen molar-refractivity contribution < 1.29 is 32.0 Å². The van der Waals surface area contributed by atoms with E-state index in [-0.39, 0.29) is 40.3 Å². The smallest absolute Gasteiger partial charge is 0.333 e. The van der Waals surface area contributed by atoms with Gasteiger partial charge in [0.15, 0.2) is 6.61 Å². The normalized spacial score (nSPS) is 39.8. The summed E-state index contributed by atoms with van der Waals surface area (Å²) < 4.78 is 36.3. The Balaban J connectivity index is 1.65. The standard InChI is InChI=1S/C29H40O7S/c1-7-27(5)16-23(36-24(31)17-35-37(33,34)21-10-8-18(2)9-11-21)28(6)19(3)12-14-29(20(4)26(27)32)15-13-22(30)25(28)29/h7-11,19-20,23,25-26,32H,1,12-17H2,2-6H3/t19?,20-,23+,25-,26-,27+,28-,29-/m0/s1. The van der Waals surface area contributed by atoms with E-state index < -0.39 is 45.7 Å². The van der Waals surface area contributed by atoms with Crippen molar-refractivity contribution in [3.63, 3.8) is 0 Å². The first-order valence-electron chi connectivity index (χ1n) is 13.2. The van der Waals surface area contributed by atoms with E-state index in [1.807, 2.05) is 27.7 Å². The van der Waals surface area contributed by atoms with Crippen LogP contribution in [0.3, 0.4) is 0 Å². The van der Waals surface area contributed by atoms with Gasteiger partial charge < -0.3 is 9.84 Å². The summed E-state index contributed by atoms with van der Waals surface area (Å²) in [4.78, 5) is 26.5. The van der Waals surface area contributed by atoms with E-state index in [0.717, 1.165) is 18.4 Å². The fourth-order valence-electron chi connectivity index (χ4n) is 7.59. The highest BCUT2D eigenvalue weighted by Crippen LogP contribution is 2.68. The summed E-state index contributed by atoms with van der Waals surface area (Å²) in [6.07, 6.45) is 3.37. The average molecular weight is 533 g/mol. The van der Waals surface area contributed by atoms with E-state index in [4.69, 9.17) is 8.92 Å². The molecule has 0 aromatic heterocycles. The molecular formula is C29H40O7S. The lowest BCUT2D eigenvalue weighted by molar-refractivity contribution is -0.207. The molecule has 3 aliphatic carbocycles. The number of rotatable bonds is 6. The first kappa shape index (κ1) is 28.0. The molecule has 3 fully saturated rings. The van der Waals surface area contributed by atoms with Gasteiger partial charge in [-0.15, -0.1) is 6.58 Å². The first-order chi connectivity index (χ1) is 17.2. The molecule has 3 aliphatic rings. The van der Waals surface area contributed by atoms with Gasteiger partial charge in [0.25, 0.3) is 10.1 Å². The minimum Gasteiger partial charge on any atom is -0.460 e. The van der Waals surface area contributed by atoms with Crippen molar-refractivity contribution >= 4 is 21.9 Å². The Labute approximate surface area is 220 Å². The maximum absolute atomic E-state index is 13.4. The highest BCUT2D eigenvalue weighted by Gasteiger charge is 2.68. The zero-order chi connectivity index (χ0) is 27.4. The number of hydrogen-bond donors (Lipinski definition) is 1. The zero-order valence-corrected chi connectivity index (χ0v) is 23.3. The van der Waals surface area contributed by atoms with Crippen LogP contribution in [0.1, 0.15) is 65.4 Å². The highest BCUT2D eigenvalue weighted by atomic mass is 32.2. The van der Waals surface area contributed by atoms with Gasteiger partial charge in [-0.05, 0) is 62.0 Å². The van der Waals surface area contributed by atoms with Crippen molar-refractivity contribution in [2.24, 2.45) is 34.0 Å². The number of benzene rings is 1. The molecule has 0 spiro atoms. The van der Waals surface area contributed by atoms with Crippen molar-refractivity contribution in [1.82, 2.24) is 0 Å². The Morgan fingerprint density at radius 3 is 2.46 bits per heavy atom. The third-order valence-electron chi connectivity index (χ3n) is 10.2. The SMILES string of the molecule is C=C[C@]1(C)C[C@@H](OC(=O)COS(=O)(=O)c2ccc(C)cc2)[C@]2(C)C(C)CC[C@]3(CCC(=O)[C@H]32)[C@@H](C)[C@@H]1O. The van der Waals surface area contributed by atoms with Gasteiger partial charge in [-0.25, -0.2) is 4.79 Å².